The predicted molar refractivity (Wildman–Crippen MR) is 63.0 cm³/mol. The van der Waals surface area contributed by atoms with Crippen LogP contribution in [0.15, 0.2) is 0 Å². The topological polar surface area (TPSA) is 0 Å². The van der Waals surface area contributed by atoms with Crippen molar-refractivity contribution in [3.8, 4) is 0 Å². The molecule has 0 saturated heterocycles. The molecule has 0 aromatic carbocycles. The monoisotopic (exact) mass is 180 g/mol. The fraction of sp³-hybridized carbons (Fsp3) is 1.00. The molecule has 0 aliphatic heterocycles. The summed E-state index contributed by atoms with van der Waals surface area (Å²) in [5.41, 5.74) is 0.609. The van der Waals surface area contributed by atoms with E-state index in [-0.39, 0.29) is 0 Å². The van der Waals surface area contributed by atoms with Crippen molar-refractivity contribution in [2.45, 2.75) is 71.0 Å². The summed E-state index contributed by atoms with van der Waals surface area (Å²) >= 11 is 0. The van der Waals surface area contributed by atoms with Crippen molar-refractivity contribution in [1.29, 1.82) is 0 Å². The van der Waals surface area contributed by atoms with Crippen LogP contribution in [0.2, 0.25) is 5.31 Å². The van der Waals surface area contributed by atoms with E-state index >= 15 is 0 Å². The van der Waals surface area contributed by atoms with Crippen LogP contribution < -0.4 is 0 Å². The first kappa shape index (κ1) is 11.1. The van der Waals surface area contributed by atoms with E-state index in [0.29, 0.717) is 10.7 Å². The molecule has 1 fully saturated rings. The van der Waals surface area contributed by atoms with Gasteiger partial charge in [-0.1, -0.05) is 64.6 Å². The van der Waals surface area contributed by atoms with Crippen LogP contribution in [0.25, 0.3) is 0 Å². The maximum atomic E-state index is 2.53. The van der Waals surface area contributed by atoms with Gasteiger partial charge in [-0.25, -0.2) is 0 Å². The smallest absolute Gasteiger partial charge is 0.0654 e. The molecular weight excluding hydrogens is 155 g/mol. The second-order valence-corrected chi connectivity index (χ2v) is 5.43. The summed E-state index contributed by atoms with van der Waals surface area (Å²) in [4.78, 5) is 0. The molecule has 0 nitrogen and oxygen atoms in total. The van der Waals surface area contributed by atoms with Crippen molar-refractivity contribution in [1.82, 2.24) is 0 Å². The van der Waals surface area contributed by atoms with Crippen LogP contribution in [0, 0.1) is 5.41 Å². The molecular formula is C12H25B. The lowest BCUT2D eigenvalue weighted by molar-refractivity contribution is 0.179. The molecule has 0 amide bonds. The molecule has 0 aromatic rings. The normalized spacial score (nSPS) is 25.8. The van der Waals surface area contributed by atoms with Gasteiger partial charge >= 0.3 is 0 Å². The Morgan fingerprint density at radius 2 is 1.77 bits per heavy atom. The second kappa shape index (κ2) is 4.06. The van der Waals surface area contributed by atoms with E-state index in [4.69, 9.17) is 0 Å². The van der Waals surface area contributed by atoms with Crippen molar-refractivity contribution in [2.24, 2.45) is 5.41 Å². The summed E-state index contributed by atoms with van der Waals surface area (Å²) in [5, 5.41) is 0.651. The molecule has 1 aliphatic rings. The molecule has 0 heterocycles. The number of hydrogen-bond donors (Lipinski definition) is 0. The Bertz CT molecular complexity index is 159. The van der Waals surface area contributed by atoms with Gasteiger partial charge in [0.15, 0.2) is 0 Å². The van der Waals surface area contributed by atoms with Gasteiger partial charge in [-0.15, -0.1) is 0 Å². The van der Waals surface area contributed by atoms with E-state index < -0.39 is 0 Å². The lowest BCUT2D eigenvalue weighted by atomic mass is 9.50. The van der Waals surface area contributed by atoms with Gasteiger partial charge in [0.2, 0.25) is 0 Å². The van der Waals surface area contributed by atoms with E-state index in [0.717, 1.165) is 0 Å². The van der Waals surface area contributed by atoms with Crippen molar-refractivity contribution in [3.63, 3.8) is 0 Å². The van der Waals surface area contributed by atoms with Crippen LogP contribution in [-0.4, -0.2) is 7.85 Å². The van der Waals surface area contributed by atoms with Crippen molar-refractivity contribution in [2.75, 3.05) is 0 Å². The lowest BCUT2D eigenvalue weighted by Gasteiger charge is -2.44. The summed E-state index contributed by atoms with van der Waals surface area (Å²) in [6, 6.07) is 0. The Labute approximate surface area is 84.9 Å². The van der Waals surface area contributed by atoms with Crippen LogP contribution in [-0.2, 0) is 0 Å². The first-order valence-electron chi connectivity index (χ1n) is 6.08. The minimum atomic E-state index is 0.609. The zero-order valence-corrected chi connectivity index (χ0v) is 9.95. The molecule has 0 spiro atoms. The van der Waals surface area contributed by atoms with E-state index in [1.54, 1.807) is 0 Å². The Morgan fingerprint density at radius 1 is 1.23 bits per heavy atom. The molecule has 1 atom stereocenters. The van der Waals surface area contributed by atoms with E-state index in [1.165, 1.54) is 44.9 Å². The van der Waals surface area contributed by atoms with E-state index in [1.807, 2.05) is 0 Å². The molecule has 1 heteroatoms. The van der Waals surface area contributed by atoms with Crippen molar-refractivity contribution < 1.29 is 0 Å². The third-order valence-electron chi connectivity index (χ3n) is 4.75. The van der Waals surface area contributed by atoms with E-state index in [9.17, 15) is 0 Å². The molecule has 0 aromatic heterocycles. The van der Waals surface area contributed by atoms with Crippen molar-refractivity contribution >= 4 is 7.85 Å². The van der Waals surface area contributed by atoms with Crippen molar-refractivity contribution in [3.05, 3.63) is 0 Å². The van der Waals surface area contributed by atoms with Crippen LogP contribution in [0.1, 0.15) is 65.7 Å². The average Bonchev–Trinajstić information content (AvgIpc) is 2.54. The second-order valence-electron chi connectivity index (χ2n) is 5.43. The largest absolute Gasteiger partial charge is 0.110 e. The Hall–Kier alpha value is 0.0649. The zero-order valence-electron chi connectivity index (χ0n) is 9.95. The van der Waals surface area contributed by atoms with Gasteiger partial charge in [0, 0.05) is 0 Å². The summed E-state index contributed by atoms with van der Waals surface area (Å²) in [6.07, 6.45) is 10.00. The fourth-order valence-electron chi connectivity index (χ4n) is 3.22. The van der Waals surface area contributed by atoms with Gasteiger partial charge in [0.1, 0.15) is 7.85 Å². The van der Waals surface area contributed by atoms with Gasteiger partial charge in [-0.05, 0) is 11.8 Å². The van der Waals surface area contributed by atoms with Crippen LogP contribution in [0.5, 0.6) is 0 Å². The molecule has 0 radical (unpaired) electrons. The summed E-state index contributed by atoms with van der Waals surface area (Å²) < 4.78 is 0. The minimum Gasteiger partial charge on any atom is -0.0654 e. The van der Waals surface area contributed by atoms with E-state index in [2.05, 4.69) is 28.6 Å². The Balaban J connectivity index is 2.73. The summed E-state index contributed by atoms with van der Waals surface area (Å²) in [5.74, 6) is 0. The standard InChI is InChI=1S/C12H25B/c1-4-8-11(3,5-2)12(13)9-6-7-10-12/h4-10,13H2,1-3H3. The Morgan fingerprint density at radius 3 is 2.15 bits per heavy atom. The fourth-order valence-corrected chi connectivity index (χ4v) is 3.22. The Kier molecular flexibility index (Phi) is 3.48. The summed E-state index contributed by atoms with van der Waals surface area (Å²) in [7, 11) is 2.53. The molecule has 1 saturated carbocycles. The number of hydrogen-bond acceptors (Lipinski definition) is 0. The number of rotatable bonds is 4. The first-order chi connectivity index (χ1) is 6.08. The maximum Gasteiger partial charge on any atom is 0.110 e. The average molecular weight is 180 g/mol. The van der Waals surface area contributed by atoms with Crippen LogP contribution >= 0.6 is 0 Å². The molecule has 0 N–H and O–H groups in total. The molecule has 1 unspecified atom stereocenters. The molecule has 13 heavy (non-hydrogen) atoms. The van der Waals surface area contributed by atoms with Crippen LogP contribution in [0.3, 0.4) is 0 Å². The highest BCUT2D eigenvalue weighted by Gasteiger charge is 2.43. The highest BCUT2D eigenvalue weighted by atomic mass is 14.4. The third kappa shape index (κ3) is 1.95. The molecule has 76 valence electrons. The van der Waals surface area contributed by atoms with Gasteiger partial charge in [-0.2, -0.15) is 0 Å². The molecule has 1 rings (SSSR count). The van der Waals surface area contributed by atoms with Gasteiger partial charge < -0.3 is 0 Å². The lowest BCUT2D eigenvalue weighted by Crippen LogP contribution is -2.31. The molecule has 0 bridgehead atoms. The van der Waals surface area contributed by atoms with Gasteiger partial charge in [0.25, 0.3) is 0 Å². The first-order valence-corrected chi connectivity index (χ1v) is 6.08. The molecule has 1 aliphatic carbocycles. The predicted octanol–water partition coefficient (Wildman–Crippen LogP) is 3.57. The highest BCUT2D eigenvalue weighted by Crippen LogP contribution is 2.58. The SMILES string of the molecule is BC1(C(C)(CC)CCC)CCCC1. The summed E-state index contributed by atoms with van der Waals surface area (Å²) in [6.45, 7) is 7.22. The quantitative estimate of drug-likeness (QED) is 0.580. The van der Waals surface area contributed by atoms with Gasteiger partial charge in [0.05, 0.1) is 0 Å². The van der Waals surface area contributed by atoms with Gasteiger partial charge in [-0.3, -0.25) is 0 Å². The maximum absolute atomic E-state index is 2.53. The third-order valence-corrected chi connectivity index (χ3v) is 4.75. The minimum absolute atomic E-state index is 0.609. The highest BCUT2D eigenvalue weighted by molar-refractivity contribution is 6.16. The van der Waals surface area contributed by atoms with Crippen LogP contribution in [0.4, 0.5) is 0 Å². The zero-order chi connectivity index (χ0) is 9.95.